The van der Waals surface area contributed by atoms with Crippen LogP contribution in [0.25, 0.3) is 5.69 Å². The van der Waals surface area contributed by atoms with E-state index in [1.807, 2.05) is 26.0 Å². The highest BCUT2D eigenvalue weighted by Crippen LogP contribution is 2.14. The lowest BCUT2D eigenvalue weighted by Gasteiger charge is -2.15. The first-order valence-corrected chi connectivity index (χ1v) is 6.99. The van der Waals surface area contributed by atoms with Crippen LogP contribution in [0.4, 0.5) is 0 Å². The van der Waals surface area contributed by atoms with Gasteiger partial charge in [0.2, 0.25) is 0 Å². The second-order valence-corrected chi connectivity index (χ2v) is 5.08. The molecule has 2 aromatic rings. The predicted octanol–water partition coefficient (Wildman–Crippen LogP) is 1.47. The van der Waals surface area contributed by atoms with Gasteiger partial charge in [0.25, 0.3) is 5.91 Å². The summed E-state index contributed by atoms with van der Waals surface area (Å²) in [4.78, 5) is 16.1. The number of carbonyl (C=O) groups is 1. The minimum Gasteiger partial charge on any atom is -0.396 e. The molecule has 0 radical (unpaired) electrons. The maximum Gasteiger partial charge on any atom is 0.251 e. The Morgan fingerprint density at radius 3 is 2.90 bits per heavy atom. The van der Waals surface area contributed by atoms with Gasteiger partial charge in [0.1, 0.15) is 12.7 Å². The van der Waals surface area contributed by atoms with Crippen LogP contribution in [0.15, 0.2) is 30.9 Å². The minimum atomic E-state index is -0.0944. The van der Waals surface area contributed by atoms with Crippen molar-refractivity contribution in [1.82, 2.24) is 20.1 Å². The van der Waals surface area contributed by atoms with Crippen molar-refractivity contribution in [2.75, 3.05) is 6.61 Å². The fourth-order valence-corrected chi connectivity index (χ4v) is 2.16. The molecule has 0 saturated carbocycles. The van der Waals surface area contributed by atoms with E-state index in [9.17, 15) is 4.79 Å². The number of aryl methyl sites for hydroxylation is 1. The number of rotatable bonds is 6. The molecular formula is C15H20N4O2. The van der Waals surface area contributed by atoms with Gasteiger partial charge in [-0.05, 0) is 50.5 Å². The van der Waals surface area contributed by atoms with E-state index in [1.165, 1.54) is 6.33 Å². The third-order valence-corrected chi connectivity index (χ3v) is 3.31. The van der Waals surface area contributed by atoms with E-state index in [1.54, 1.807) is 17.1 Å². The van der Waals surface area contributed by atoms with E-state index in [2.05, 4.69) is 15.4 Å². The molecule has 1 amide bonds. The van der Waals surface area contributed by atoms with Gasteiger partial charge in [-0.2, -0.15) is 5.10 Å². The molecule has 1 unspecified atom stereocenters. The van der Waals surface area contributed by atoms with Crippen LogP contribution in [0.3, 0.4) is 0 Å². The van der Waals surface area contributed by atoms with E-state index in [4.69, 9.17) is 5.11 Å². The van der Waals surface area contributed by atoms with E-state index < -0.39 is 0 Å². The van der Waals surface area contributed by atoms with Crippen LogP contribution in [0.2, 0.25) is 0 Å². The Balaban J connectivity index is 2.08. The number of aliphatic hydroxyl groups excluding tert-OH is 1. The van der Waals surface area contributed by atoms with Crippen LogP contribution in [-0.2, 0) is 0 Å². The maximum absolute atomic E-state index is 12.2. The molecule has 0 aliphatic heterocycles. The van der Waals surface area contributed by atoms with Crippen LogP contribution in [0.1, 0.15) is 35.7 Å². The van der Waals surface area contributed by atoms with Crippen LogP contribution in [0, 0.1) is 6.92 Å². The first-order chi connectivity index (χ1) is 10.1. The summed E-state index contributed by atoms with van der Waals surface area (Å²) in [6.45, 7) is 3.98. The van der Waals surface area contributed by atoms with Gasteiger partial charge >= 0.3 is 0 Å². The second-order valence-electron chi connectivity index (χ2n) is 5.08. The molecule has 0 spiro atoms. The predicted molar refractivity (Wildman–Crippen MR) is 79.3 cm³/mol. The Bertz CT molecular complexity index is 596. The summed E-state index contributed by atoms with van der Waals surface area (Å²) >= 11 is 0. The van der Waals surface area contributed by atoms with Crippen molar-refractivity contribution < 1.29 is 9.90 Å². The van der Waals surface area contributed by atoms with Gasteiger partial charge in [-0.1, -0.05) is 0 Å². The Hall–Kier alpha value is -2.21. The number of benzene rings is 1. The molecule has 112 valence electrons. The summed E-state index contributed by atoms with van der Waals surface area (Å²) in [6.07, 6.45) is 4.54. The molecule has 1 atom stereocenters. The Kier molecular flexibility index (Phi) is 5.05. The highest BCUT2D eigenvalue weighted by Gasteiger charge is 2.12. The zero-order valence-electron chi connectivity index (χ0n) is 12.3. The Morgan fingerprint density at radius 2 is 2.29 bits per heavy atom. The molecule has 2 rings (SSSR count). The van der Waals surface area contributed by atoms with Crippen LogP contribution < -0.4 is 5.32 Å². The first-order valence-electron chi connectivity index (χ1n) is 6.99. The van der Waals surface area contributed by atoms with Gasteiger partial charge in [-0.15, -0.1) is 0 Å². The van der Waals surface area contributed by atoms with Gasteiger partial charge in [0.05, 0.1) is 5.69 Å². The number of hydrogen-bond donors (Lipinski definition) is 2. The zero-order chi connectivity index (χ0) is 15.2. The zero-order valence-corrected chi connectivity index (χ0v) is 12.3. The number of aromatic nitrogens is 3. The van der Waals surface area contributed by atoms with Crippen molar-refractivity contribution in [2.45, 2.75) is 32.7 Å². The van der Waals surface area contributed by atoms with E-state index >= 15 is 0 Å². The Morgan fingerprint density at radius 1 is 1.48 bits per heavy atom. The molecule has 1 heterocycles. The lowest BCUT2D eigenvalue weighted by atomic mass is 10.1. The number of hydrogen-bond acceptors (Lipinski definition) is 4. The fraction of sp³-hybridized carbons (Fsp3) is 0.400. The summed E-state index contributed by atoms with van der Waals surface area (Å²) in [5, 5.41) is 15.8. The first kappa shape index (κ1) is 15.2. The molecule has 0 aliphatic rings. The molecule has 6 heteroatoms. The second kappa shape index (κ2) is 6.99. The lowest BCUT2D eigenvalue weighted by Crippen LogP contribution is -2.33. The molecule has 2 N–H and O–H groups in total. The normalized spacial score (nSPS) is 12.1. The smallest absolute Gasteiger partial charge is 0.251 e. The van der Waals surface area contributed by atoms with Crippen LogP contribution in [-0.4, -0.2) is 38.4 Å². The topological polar surface area (TPSA) is 80.0 Å². The van der Waals surface area contributed by atoms with Crippen molar-refractivity contribution in [2.24, 2.45) is 0 Å². The summed E-state index contributed by atoms with van der Waals surface area (Å²) in [6, 6.07) is 5.58. The highest BCUT2D eigenvalue weighted by atomic mass is 16.3. The molecule has 1 aromatic carbocycles. The Labute approximate surface area is 123 Å². The van der Waals surface area contributed by atoms with Crippen LogP contribution >= 0.6 is 0 Å². The molecule has 0 saturated heterocycles. The summed E-state index contributed by atoms with van der Waals surface area (Å²) < 4.78 is 1.65. The largest absolute Gasteiger partial charge is 0.396 e. The van der Waals surface area contributed by atoms with E-state index in [-0.39, 0.29) is 18.6 Å². The molecule has 1 aromatic heterocycles. The maximum atomic E-state index is 12.2. The third kappa shape index (κ3) is 3.88. The average molecular weight is 288 g/mol. The quantitative estimate of drug-likeness (QED) is 0.843. The number of carbonyl (C=O) groups excluding carboxylic acids is 1. The van der Waals surface area contributed by atoms with Gasteiger partial charge in [-0.25, -0.2) is 9.67 Å². The monoisotopic (exact) mass is 288 g/mol. The van der Waals surface area contributed by atoms with Crippen molar-refractivity contribution in [3.63, 3.8) is 0 Å². The molecular weight excluding hydrogens is 268 g/mol. The van der Waals surface area contributed by atoms with Crippen molar-refractivity contribution in [3.8, 4) is 5.69 Å². The van der Waals surface area contributed by atoms with E-state index in [0.29, 0.717) is 12.0 Å². The number of amides is 1. The van der Waals surface area contributed by atoms with Gasteiger partial charge < -0.3 is 10.4 Å². The summed E-state index contributed by atoms with van der Waals surface area (Å²) in [5.74, 6) is -0.0944. The molecule has 21 heavy (non-hydrogen) atoms. The molecule has 6 nitrogen and oxygen atoms in total. The number of nitrogens with one attached hydrogen (secondary N) is 1. The number of nitrogens with zero attached hydrogens (tertiary/aromatic N) is 3. The third-order valence-electron chi connectivity index (χ3n) is 3.31. The minimum absolute atomic E-state index is 0.0408. The molecule has 0 bridgehead atoms. The molecule has 0 aliphatic carbocycles. The van der Waals surface area contributed by atoms with Crippen molar-refractivity contribution in [3.05, 3.63) is 42.0 Å². The summed E-state index contributed by atoms with van der Waals surface area (Å²) in [7, 11) is 0. The van der Waals surface area contributed by atoms with E-state index in [0.717, 1.165) is 17.7 Å². The SMILES string of the molecule is Cc1cc(-n2cncn2)ccc1C(=O)NC(C)CCCO. The van der Waals surface area contributed by atoms with Crippen molar-refractivity contribution >= 4 is 5.91 Å². The van der Waals surface area contributed by atoms with Gasteiger partial charge in [-0.3, -0.25) is 4.79 Å². The van der Waals surface area contributed by atoms with Crippen molar-refractivity contribution in [1.29, 1.82) is 0 Å². The van der Waals surface area contributed by atoms with Crippen LogP contribution in [0.5, 0.6) is 0 Å². The fourth-order valence-electron chi connectivity index (χ4n) is 2.16. The summed E-state index contributed by atoms with van der Waals surface area (Å²) in [5.41, 5.74) is 2.40. The molecule has 0 fully saturated rings. The number of aliphatic hydroxyl groups is 1. The highest BCUT2D eigenvalue weighted by molar-refractivity contribution is 5.96. The van der Waals surface area contributed by atoms with Gasteiger partial charge in [0, 0.05) is 18.2 Å². The lowest BCUT2D eigenvalue weighted by molar-refractivity contribution is 0.0936. The standard InChI is InChI=1S/C15H20N4O2/c1-11-8-13(19-10-16-9-17-19)5-6-14(11)15(21)18-12(2)4-3-7-20/h5-6,8-10,12,20H,3-4,7H2,1-2H3,(H,18,21). The van der Waals surface area contributed by atoms with Gasteiger partial charge in [0.15, 0.2) is 0 Å². The average Bonchev–Trinajstić information content (AvgIpc) is 2.99.